The maximum atomic E-state index is 12.3. The van der Waals surface area contributed by atoms with Crippen molar-refractivity contribution in [3.05, 3.63) is 17.5 Å². The summed E-state index contributed by atoms with van der Waals surface area (Å²) < 4.78 is 1.83. The highest BCUT2D eigenvalue weighted by molar-refractivity contribution is 5.89. The van der Waals surface area contributed by atoms with E-state index in [4.69, 9.17) is 0 Å². The van der Waals surface area contributed by atoms with Crippen molar-refractivity contribution in [2.24, 2.45) is 7.05 Å². The van der Waals surface area contributed by atoms with E-state index >= 15 is 0 Å². The van der Waals surface area contributed by atoms with Gasteiger partial charge >= 0.3 is 0 Å². The number of aryl methyl sites for hydroxylation is 2. The third kappa shape index (κ3) is 2.41. The van der Waals surface area contributed by atoms with Crippen LogP contribution in [0.5, 0.6) is 0 Å². The topological polar surface area (TPSA) is 46.9 Å². The first-order chi connectivity index (χ1) is 8.05. The maximum absolute atomic E-state index is 12.3. The van der Waals surface area contributed by atoms with Crippen molar-refractivity contribution >= 4 is 5.78 Å². The van der Waals surface area contributed by atoms with Gasteiger partial charge in [0.05, 0.1) is 17.7 Å². The first kappa shape index (κ1) is 12.3. The predicted molar refractivity (Wildman–Crippen MR) is 66.9 cm³/mol. The Morgan fingerprint density at radius 2 is 2.41 bits per heavy atom. The number of rotatable bonds is 4. The number of ketones is 1. The molecule has 17 heavy (non-hydrogen) atoms. The van der Waals surface area contributed by atoms with Gasteiger partial charge in [0.15, 0.2) is 5.78 Å². The molecule has 1 atom stereocenters. The summed E-state index contributed by atoms with van der Waals surface area (Å²) in [5.41, 5.74) is 1.75. The molecule has 1 N–H and O–H groups in total. The Kier molecular flexibility index (Phi) is 3.33. The largest absolute Gasteiger partial charge is 0.305 e. The zero-order valence-corrected chi connectivity index (χ0v) is 10.9. The van der Waals surface area contributed by atoms with Crippen molar-refractivity contribution in [1.29, 1.82) is 0 Å². The van der Waals surface area contributed by atoms with E-state index in [-0.39, 0.29) is 11.3 Å². The summed E-state index contributed by atoms with van der Waals surface area (Å²) in [6.07, 6.45) is 3.43. The van der Waals surface area contributed by atoms with Crippen molar-refractivity contribution in [3.63, 3.8) is 0 Å². The van der Waals surface area contributed by atoms with E-state index in [1.807, 2.05) is 24.7 Å². The molecule has 0 radical (unpaired) electrons. The molecular weight excluding hydrogens is 214 g/mol. The van der Waals surface area contributed by atoms with Gasteiger partial charge in [0.25, 0.3) is 0 Å². The molecule has 1 fully saturated rings. The molecule has 1 unspecified atom stereocenters. The molecule has 2 heterocycles. The molecule has 0 aliphatic carbocycles. The molecule has 1 saturated heterocycles. The first-order valence-corrected chi connectivity index (χ1v) is 6.35. The van der Waals surface area contributed by atoms with E-state index in [0.29, 0.717) is 6.42 Å². The van der Waals surface area contributed by atoms with E-state index in [1.165, 1.54) is 0 Å². The molecule has 1 aliphatic heterocycles. The Morgan fingerprint density at radius 1 is 1.65 bits per heavy atom. The average molecular weight is 235 g/mol. The lowest BCUT2D eigenvalue weighted by Gasteiger charge is -2.22. The zero-order chi connectivity index (χ0) is 12.5. The summed E-state index contributed by atoms with van der Waals surface area (Å²) >= 11 is 0. The monoisotopic (exact) mass is 235 g/mol. The summed E-state index contributed by atoms with van der Waals surface area (Å²) in [7, 11) is 1.91. The highest BCUT2D eigenvalue weighted by atomic mass is 16.1. The fourth-order valence-corrected chi connectivity index (χ4v) is 2.40. The first-order valence-electron chi connectivity index (χ1n) is 6.35. The van der Waals surface area contributed by atoms with Gasteiger partial charge in [-0.05, 0) is 38.8 Å². The van der Waals surface area contributed by atoms with Gasteiger partial charge in [0.1, 0.15) is 0 Å². The second-order valence-electron chi connectivity index (χ2n) is 5.07. The molecule has 0 bridgehead atoms. The van der Waals surface area contributed by atoms with Gasteiger partial charge in [-0.15, -0.1) is 0 Å². The second-order valence-corrected chi connectivity index (χ2v) is 5.07. The third-order valence-electron chi connectivity index (χ3n) is 3.72. The van der Waals surface area contributed by atoms with Crippen LogP contribution >= 0.6 is 0 Å². The molecule has 94 valence electrons. The highest BCUT2D eigenvalue weighted by Gasteiger charge is 2.35. The lowest BCUT2D eigenvalue weighted by Crippen LogP contribution is -2.45. The van der Waals surface area contributed by atoms with Gasteiger partial charge in [-0.2, -0.15) is 5.10 Å². The minimum atomic E-state index is -0.323. The molecule has 0 amide bonds. The zero-order valence-electron chi connectivity index (χ0n) is 10.9. The molecule has 2 rings (SSSR count). The lowest BCUT2D eigenvalue weighted by atomic mass is 9.91. The van der Waals surface area contributed by atoms with Crippen LogP contribution in [0.2, 0.25) is 0 Å². The fourth-order valence-electron chi connectivity index (χ4n) is 2.40. The smallest absolute Gasteiger partial charge is 0.158 e. The average Bonchev–Trinajstić information content (AvgIpc) is 2.87. The van der Waals surface area contributed by atoms with Crippen molar-refractivity contribution in [2.45, 2.75) is 45.1 Å². The fraction of sp³-hybridized carbons (Fsp3) is 0.692. The number of nitrogens with one attached hydrogen (secondary N) is 1. The number of hydrogen-bond donors (Lipinski definition) is 1. The molecule has 1 aliphatic rings. The van der Waals surface area contributed by atoms with Gasteiger partial charge < -0.3 is 5.32 Å². The SMILES string of the molecule is CCc1cc(CC(=O)C2(C)CCCN2)n(C)n1. The Bertz CT molecular complexity index is 416. The number of aromatic nitrogens is 2. The molecule has 4 nitrogen and oxygen atoms in total. The van der Waals surface area contributed by atoms with Crippen molar-refractivity contribution in [1.82, 2.24) is 15.1 Å². The summed E-state index contributed by atoms with van der Waals surface area (Å²) in [4.78, 5) is 12.3. The summed E-state index contributed by atoms with van der Waals surface area (Å²) in [5, 5.41) is 7.69. The third-order valence-corrected chi connectivity index (χ3v) is 3.72. The number of Topliss-reactive ketones (excluding diaryl/α,β-unsaturated/α-hetero) is 1. The van der Waals surface area contributed by atoms with Crippen LogP contribution in [0, 0.1) is 0 Å². The van der Waals surface area contributed by atoms with Crippen LogP contribution in [0.3, 0.4) is 0 Å². The van der Waals surface area contributed by atoms with Crippen LogP contribution in [0.4, 0.5) is 0 Å². The Balaban J connectivity index is 2.09. The summed E-state index contributed by atoms with van der Waals surface area (Å²) in [6, 6.07) is 2.04. The van der Waals surface area contributed by atoms with E-state index in [1.54, 1.807) is 0 Å². The van der Waals surface area contributed by atoms with Gasteiger partial charge in [0, 0.05) is 12.7 Å². The van der Waals surface area contributed by atoms with E-state index < -0.39 is 0 Å². The Hall–Kier alpha value is -1.16. The molecule has 0 saturated carbocycles. The van der Waals surface area contributed by atoms with Crippen molar-refractivity contribution in [2.75, 3.05) is 6.54 Å². The van der Waals surface area contributed by atoms with E-state index in [9.17, 15) is 4.79 Å². The van der Waals surface area contributed by atoms with Crippen LogP contribution in [0.25, 0.3) is 0 Å². The van der Waals surface area contributed by atoms with Gasteiger partial charge in [-0.25, -0.2) is 0 Å². The number of hydrogen-bond acceptors (Lipinski definition) is 3. The number of carbonyl (C=O) groups is 1. The van der Waals surface area contributed by atoms with Crippen LogP contribution in [-0.4, -0.2) is 27.6 Å². The van der Waals surface area contributed by atoms with Gasteiger partial charge in [-0.3, -0.25) is 9.48 Å². The molecular formula is C13H21N3O. The van der Waals surface area contributed by atoms with Crippen LogP contribution in [0.15, 0.2) is 6.07 Å². The molecule has 0 spiro atoms. The molecule has 1 aromatic rings. The molecule has 1 aromatic heterocycles. The molecule has 0 aromatic carbocycles. The van der Waals surface area contributed by atoms with Crippen LogP contribution in [0.1, 0.15) is 38.1 Å². The highest BCUT2D eigenvalue weighted by Crippen LogP contribution is 2.21. The van der Waals surface area contributed by atoms with Gasteiger partial charge in [0.2, 0.25) is 0 Å². The maximum Gasteiger partial charge on any atom is 0.158 e. The van der Waals surface area contributed by atoms with Crippen LogP contribution < -0.4 is 5.32 Å². The van der Waals surface area contributed by atoms with E-state index in [2.05, 4.69) is 17.3 Å². The summed E-state index contributed by atoms with van der Waals surface area (Å²) in [6.45, 7) is 5.04. The standard InChI is InChI=1S/C13H21N3O/c1-4-10-8-11(16(3)15-10)9-12(17)13(2)6-5-7-14-13/h8,14H,4-7,9H2,1-3H3. The minimum absolute atomic E-state index is 0.278. The quantitative estimate of drug-likeness (QED) is 0.854. The van der Waals surface area contributed by atoms with Crippen molar-refractivity contribution in [3.8, 4) is 0 Å². The summed E-state index contributed by atoms with van der Waals surface area (Å²) in [5.74, 6) is 0.278. The van der Waals surface area contributed by atoms with Crippen LogP contribution in [-0.2, 0) is 24.7 Å². The molecule has 4 heteroatoms. The number of nitrogens with zero attached hydrogens (tertiary/aromatic N) is 2. The predicted octanol–water partition coefficient (Wildman–Crippen LogP) is 1.24. The Morgan fingerprint density at radius 3 is 2.94 bits per heavy atom. The normalized spacial score (nSPS) is 24.2. The second kappa shape index (κ2) is 4.61. The minimum Gasteiger partial charge on any atom is -0.305 e. The Labute approximate surface area is 102 Å². The lowest BCUT2D eigenvalue weighted by molar-refractivity contribution is -0.123. The number of carbonyl (C=O) groups excluding carboxylic acids is 1. The van der Waals surface area contributed by atoms with Crippen molar-refractivity contribution < 1.29 is 4.79 Å². The van der Waals surface area contributed by atoms with E-state index in [0.717, 1.165) is 37.2 Å². The van der Waals surface area contributed by atoms with Gasteiger partial charge in [-0.1, -0.05) is 6.92 Å².